The van der Waals surface area contributed by atoms with Crippen molar-refractivity contribution in [2.75, 3.05) is 18.9 Å². The quantitative estimate of drug-likeness (QED) is 0.874. The van der Waals surface area contributed by atoms with Gasteiger partial charge in [0.2, 0.25) is 0 Å². The average molecular weight is 311 g/mol. The fourth-order valence-corrected chi connectivity index (χ4v) is 2.90. The lowest BCUT2D eigenvalue weighted by Crippen LogP contribution is -3.08. The molecule has 0 spiro atoms. The van der Waals surface area contributed by atoms with Crippen LogP contribution in [0.15, 0.2) is 36.4 Å². The maximum atomic E-state index is 12.3. The van der Waals surface area contributed by atoms with Crippen molar-refractivity contribution in [1.29, 1.82) is 0 Å². The summed E-state index contributed by atoms with van der Waals surface area (Å²) >= 11 is 0. The molecule has 23 heavy (non-hydrogen) atoms. The van der Waals surface area contributed by atoms with Gasteiger partial charge in [0.05, 0.1) is 7.05 Å². The summed E-state index contributed by atoms with van der Waals surface area (Å²) in [7, 11) is 2.06. The molecule has 3 heteroatoms. The van der Waals surface area contributed by atoms with Gasteiger partial charge in [0.25, 0.3) is 5.91 Å². The van der Waals surface area contributed by atoms with Crippen LogP contribution in [0.3, 0.4) is 0 Å². The summed E-state index contributed by atoms with van der Waals surface area (Å²) in [6.07, 6.45) is 0. The SMILES string of the molecule is Cc1ccc(C[NH+](C)CC(=O)Nc2c(C)cccc2C)c(C)c1. The molecule has 0 aliphatic heterocycles. The number of amides is 1. The van der Waals surface area contributed by atoms with Crippen molar-refractivity contribution in [1.82, 2.24) is 0 Å². The fraction of sp³-hybridized carbons (Fsp3) is 0.350. The van der Waals surface area contributed by atoms with Gasteiger partial charge in [-0.25, -0.2) is 0 Å². The van der Waals surface area contributed by atoms with Crippen LogP contribution in [0.4, 0.5) is 5.69 Å². The lowest BCUT2D eigenvalue weighted by atomic mass is 10.1. The van der Waals surface area contributed by atoms with E-state index in [1.165, 1.54) is 21.6 Å². The number of rotatable bonds is 5. The Morgan fingerprint density at radius 1 is 1.00 bits per heavy atom. The summed E-state index contributed by atoms with van der Waals surface area (Å²) in [5, 5.41) is 3.06. The Morgan fingerprint density at radius 3 is 2.26 bits per heavy atom. The zero-order valence-corrected chi connectivity index (χ0v) is 14.8. The molecule has 0 heterocycles. The predicted octanol–water partition coefficient (Wildman–Crippen LogP) is 2.57. The lowest BCUT2D eigenvalue weighted by molar-refractivity contribution is -0.885. The molecule has 1 atom stereocenters. The van der Waals surface area contributed by atoms with Crippen molar-refractivity contribution in [3.63, 3.8) is 0 Å². The van der Waals surface area contributed by atoms with Crippen molar-refractivity contribution < 1.29 is 9.69 Å². The van der Waals surface area contributed by atoms with Gasteiger partial charge in [-0.2, -0.15) is 0 Å². The van der Waals surface area contributed by atoms with Crippen molar-refractivity contribution in [2.45, 2.75) is 34.2 Å². The highest BCUT2D eigenvalue weighted by molar-refractivity contribution is 5.93. The van der Waals surface area contributed by atoms with Crippen LogP contribution in [0.5, 0.6) is 0 Å². The van der Waals surface area contributed by atoms with Gasteiger partial charge in [0.15, 0.2) is 6.54 Å². The van der Waals surface area contributed by atoms with Crippen molar-refractivity contribution >= 4 is 11.6 Å². The summed E-state index contributed by atoms with van der Waals surface area (Å²) in [5.41, 5.74) is 7.01. The minimum absolute atomic E-state index is 0.0599. The molecule has 2 rings (SSSR count). The Kier molecular flexibility index (Phi) is 5.56. The third-order valence-electron chi connectivity index (χ3n) is 4.20. The molecule has 0 aliphatic carbocycles. The second kappa shape index (κ2) is 7.42. The highest BCUT2D eigenvalue weighted by Crippen LogP contribution is 2.18. The van der Waals surface area contributed by atoms with Gasteiger partial charge < -0.3 is 10.2 Å². The van der Waals surface area contributed by atoms with E-state index in [2.05, 4.69) is 44.4 Å². The molecule has 2 aromatic carbocycles. The average Bonchev–Trinajstić information content (AvgIpc) is 2.46. The summed E-state index contributed by atoms with van der Waals surface area (Å²) < 4.78 is 0. The Labute approximate surface area is 139 Å². The molecule has 0 fully saturated rings. The van der Waals surface area contributed by atoms with E-state index in [1.54, 1.807) is 0 Å². The van der Waals surface area contributed by atoms with Crippen LogP contribution in [0.25, 0.3) is 0 Å². The standard InChI is InChI=1S/C20H26N2O/c1-14-9-10-18(17(4)11-14)12-22(5)13-19(23)21-20-15(2)7-6-8-16(20)3/h6-11H,12-13H2,1-5H3,(H,21,23)/p+1. The molecular formula is C20H27N2O+. The molecule has 3 nitrogen and oxygen atoms in total. The van der Waals surface area contributed by atoms with E-state index in [1.807, 2.05) is 32.0 Å². The third-order valence-corrected chi connectivity index (χ3v) is 4.20. The maximum Gasteiger partial charge on any atom is 0.279 e. The van der Waals surface area contributed by atoms with Gasteiger partial charge in [0, 0.05) is 11.3 Å². The first-order chi connectivity index (χ1) is 10.9. The van der Waals surface area contributed by atoms with E-state index in [0.717, 1.165) is 23.4 Å². The van der Waals surface area contributed by atoms with Gasteiger partial charge in [-0.3, -0.25) is 4.79 Å². The molecule has 122 valence electrons. The molecule has 1 amide bonds. The predicted molar refractivity (Wildman–Crippen MR) is 95.9 cm³/mol. The Bertz CT molecular complexity index is 687. The van der Waals surface area contributed by atoms with E-state index in [4.69, 9.17) is 0 Å². The molecule has 0 aliphatic rings. The van der Waals surface area contributed by atoms with Crippen LogP contribution < -0.4 is 10.2 Å². The number of hydrogen-bond acceptors (Lipinski definition) is 1. The molecular weight excluding hydrogens is 284 g/mol. The topological polar surface area (TPSA) is 33.5 Å². The van der Waals surface area contributed by atoms with Gasteiger partial charge >= 0.3 is 0 Å². The van der Waals surface area contributed by atoms with Crippen molar-refractivity contribution in [3.05, 3.63) is 64.2 Å². The number of anilines is 1. The van der Waals surface area contributed by atoms with E-state index >= 15 is 0 Å². The Hall–Kier alpha value is -2.13. The summed E-state index contributed by atoms with van der Waals surface area (Å²) in [5.74, 6) is 0.0599. The van der Waals surface area contributed by atoms with Crippen LogP contribution in [0.2, 0.25) is 0 Å². The van der Waals surface area contributed by atoms with Crippen LogP contribution >= 0.6 is 0 Å². The van der Waals surface area contributed by atoms with Gasteiger partial charge in [-0.15, -0.1) is 0 Å². The monoisotopic (exact) mass is 311 g/mol. The Morgan fingerprint density at radius 2 is 1.65 bits per heavy atom. The van der Waals surface area contributed by atoms with Crippen LogP contribution in [-0.2, 0) is 11.3 Å². The number of carbonyl (C=O) groups excluding carboxylic acids is 1. The molecule has 2 aromatic rings. The van der Waals surface area contributed by atoms with E-state index in [0.29, 0.717) is 6.54 Å². The minimum Gasteiger partial charge on any atom is -0.326 e. The number of aryl methyl sites for hydroxylation is 4. The molecule has 0 saturated carbocycles. The van der Waals surface area contributed by atoms with Crippen LogP contribution in [-0.4, -0.2) is 19.5 Å². The number of likely N-dealkylation sites (N-methyl/N-ethyl adjacent to an activating group) is 1. The fourth-order valence-electron chi connectivity index (χ4n) is 2.90. The largest absolute Gasteiger partial charge is 0.326 e. The zero-order valence-electron chi connectivity index (χ0n) is 14.8. The summed E-state index contributed by atoms with van der Waals surface area (Å²) in [6, 6.07) is 12.5. The highest BCUT2D eigenvalue weighted by Gasteiger charge is 2.13. The first kappa shape index (κ1) is 17.2. The first-order valence-corrected chi connectivity index (χ1v) is 8.10. The summed E-state index contributed by atoms with van der Waals surface area (Å²) in [6.45, 7) is 9.59. The second-order valence-electron chi connectivity index (χ2n) is 6.56. The smallest absolute Gasteiger partial charge is 0.279 e. The van der Waals surface area contributed by atoms with Crippen molar-refractivity contribution in [2.24, 2.45) is 0 Å². The summed E-state index contributed by atoms with van der Waals surface area (Å²) in [4.78, 5) is 13.5. The molecule has 2 N–H and O–H groups in total. The molecule has 0 aromatic heterocycles. The second-order valence-corrected chi connectivity index (χ2v) is 6.56. The Balaban J connectivity index is 1.97. The highest BCUT2D eigenvalue weighted by atomic mass is 16.2. The van der Waals surface area contributed by atoms with Crippen LogP contribution in [0, 0.1) is 27.7 Å². The molecule has 0 bridgehead atoms. The number of quaternary nitrogens is 1. The number of hydrogen-bond donors (Lipinski definition) is 2. The molecule has 1 unspecified atom stereocenters. The lowest BCUT2D eigenvalue weighted by Gasteiger charge is -2.17. The number of para-hydroxylation sites is 1. The minimum atomic E-state index is 0.0599. The first-order valence-electron chi connectivity index (χ1n) is 8.10. The van der Waals surface area contributed by atoms with E-state index in [9.17, 15) is 4.79 Å². The normalized spacial score (nSPS) is 12.0. The molecule has 0 radical (unpaired) electrons. The maximum absolute atomic E-state index is 12.3. The number of nitrogens with one attached hydrogen (secondary N) is 2. The van der Waals surface area contributed by atoms with Gasteiger partial charge in [-0.1, -0.05) is 42.0 Å². The molecule has 0 saturated heterocycles. The van der Waals surface area contributed by atoms with E-state index in [-0.39, 0.29) is 5.91 Å². The van der Waals surface area contributed by atoms with Crippen LogP contribution in [0.1, 0.15) is 27.8 Å². The van der Waals surface area contributed by atoms with Gasteiger partial charge in [0.1, 0.15) is 6.54 Å². The van der Waals surface area contributed by atoms with E-state index < -0.39 is 0 Å². The number of benzene rings is 2. The van der Waals surface area contributed by atoms with Crippen molar-refractivity contribution in [3.8, 4) is 0 Å². The number of carbonyl (C=O) groups is 1. The zero-order chi connectivity index (χ0) is 17.0. The third kappa shape index (κ3) is 4.67. The van der Waals surface area contributed by atoms with Gasteiger partial charge in [-0.05, 0) is 44.4 Å².